The number of nitrogens with zero attached hydrogens (tertiary/aromatic N) is 1. The van der Waals surface area contributed by atoms with Gasteiger partial charge < -0.3 is 4.90 Å². The van der Waals surface area contributed by atoms with Crippen molar-refractivity contribution in [3.63, 3.8) is 0 Å². The Kier molecular flexibility index (Phi) is 7.08. The van der Waals surface area contributed by atoms with Gasteiger partial charge in [-0.25, -0.2) is 0 Å². The van der Waals surface area contributed by atoms with E-state index in [1.165, 1.54) is 71.0 Å². The normalized spacial score (nSPS) is 19.6. The van der Waals surface area contributed by atoms with Crippen molar-refractivity contribution in [2.75, 3.05) is 19.6 Å². The van der Waals surface area contributed by atoms with Gasteiger partial charge in [0.25, 0.3) is 0 Å². The van der Waals surface area contributed by atoms with E-state index < -0.39 is 0 Å². The van der Waals surface area contributed by atoms with Gasteiger partial charge >= 0.3 is 0 Å². The smallest absolute Gasteiger partial charge is 0.00183 e. The summed E-state index contributed by atoms with van der Waals surface area (Å²) in [5.41, 5.74) is 0. The molecule has 0 N–H and O–H groups in total. The highest BCUT2D eigenvalue weighted by atomic mass is 15.1. The van der Waals surface area contributed by atoms with Gasteiger partial charge in [0.2, 0.25) is 0 Å². The quantitative estimate of drug-likeness (QED) is 0.547. The molecule has 0 aromatic carbocycles. The molecular weight excluding hydrogens is 182 g/mol. The number of hydrogen-bond acceptors (Lipinski definition) is 1. The molecule has 0 aromatic rings. The predicted octanol–water partition coefficient (Wildman–Crippen LogP) is 4.08. The first-order valence-electron chi connectivity index (χ1n) is 7.05. The Morgan fingerprint density at radius 2 is 1.67 bits per heavy atom. The molecule has 1 heterocycles. The van der Waals surface area contributed by atoms with Gasteiger partial charge in [0, 0.05) is 0 Å². The molecule has 0 amide bonds. The summed E-state index contributed by atoms with van der Waals surface area (Å²) in [4.78, 5) is 2.64. The lowest BCUT2D eigenvalue weighted by Crippen LogP contribution is -2.20. The molecule has 1 nitrogen and oxygen atoms in total. The van der Waals surface area contributed by atoms with E-state index in [2.05, 4.69) is 18.7 Å². The fraction of sp³-hybridized carbons (Fsp3) is 1.00. The molecule has 1 rings (SSSR count). The molecule has 1 aliphatic heterocycles. The highest BCUT2D eigenvalue weighted by Crippen LogP contribution is 2.16. The first-order chi connectivity index (χ1) is 7.33. The Labute approximate surface area is 96.2 Å². The zero-order chi connectivity index (χ0) is 10.9. The molecule has 90 valence electrons. The monoisotopic (exact) mass is 211 g/mol. The van der Waals surface area contributed by atoms with Crippen molar-refractivity contribution in [2.24, 2.45) is 5.92 Å². The van der Waals surface area contributed by atoms with Gasteiger partial charge in [-0.1, -0.05) is 46.0 Å². The minimum atomic E-state index is 0.962. The summed E-state index contributed by atoms with van der Waals surface area (Å²) in [7, 11) is 0. The van der Waals surface area contributed by atoms with Crippen LogP contribution in [0.15, 0.2) is 0 Å². The van der Waals surface area contributed by atoms with E-state index in [1.54, 1.807) is 0 Å². The molecule has 1 unspecified atom stereocenters. The molecule has 1 fully saturated rings. The molecule has 0 aliphatic carbocycles. The van der Waals surface area contributed by atoms with E-state index >= 15 is 0 Å². The second kappa shape index (κ2) is 8.15. The molecule has 0 spiro atoms. The minimum absolute atomic E-state index is 0.962. The molecule has 0 radical (unpaired) electrons. The van der Waals surface area contributed by atoms with Gasteiger partial charge in [-0.2, -0.15) is 0 Å². The van der Waals surface area contributed by atoms with Crippen molar-refractivity contribution in [3.05, 3.63) is 0 Å². The Morgan fingerprint density at radius 1 is 1.00 bits per heavy atom. The van der Waals surface area contributed by atoms with E-state index in [0.717, 1.165) is 5.92 Å². The second-order valence-electron chi connectivity index (χ2n) is 5.29. The number of hydrogen-bond donors (Lipinski definition) is 0. The third kappa shape index (κ3) is 6.19. The Hall–Kier alpha value is -0.0400. The average molecular weight is 211 g/mol. The summed E-state index contributed by atoms with van der Waals surface area (Å²) in [6.45, 7) is 8.81. The average Bonchev–Trinajstić information content (AvgIpc) is 2.74. The fourth-order valence-electron chi connectivity index (χ4n) is 2.53. The van der Waals surface area contributed by atoms with Crippen LogP contribution >= 0.6 is 0 Å². The van der Waals surface area contributed by atoms with Gasteiger partial charge in [-0.3, -0.25) is 0 Å². The van der Waals surface area contributed by atoms with Gasteiger partial charge in [-0.15, -0.1) is 0 Å². The molecule has 15 heavy (non-hydrogen) atoms. The largest absolute Gasteiger partial charge is 0.303 e. The van der Waals surface area contributed by atoms with Gasteiger partial charge in [0.1, 0.15) is 0 Å². The third-order valence-corrected chi connectivity index (χ3v) is 3.67. The molecule has 1 aliphatic rings. The summed E-state index contributed by atoms with van der Waals surface area (Å²) >= 11 is 0. The number of likely N-dealkylation sites (tertiary alicyclic amines) is 1. The van der Waals surface area contributed by atoms with Crippen LogP contribution in [0.1, 0.15) is 65.2 Å². The highest BCUT2D eigenvalue weighted by Gasteiger charge is 2.10. The second-order valence-corrected chi connectivity index (χ2v) is 5.29. The molecule has 1 atom stereocenters. The van der Waals surface area contributed by atoms with E-state index in [1.807, 2.05) is 0 Å². The molecular formula is C14H29N. The van der Waals surface area contributed by atoms with Crippen LogP contribution in [0.25, 0.3) is 0 Å². The lowest BCUT2D eigenvalue weighted by Gasteiger charge is -2.15. The zero-order valence-electron chi connectivity index (χ0n) is 10.8. The van der Waals surface area contributed by atoms with Crippen LogP contribution < -0.4 is 0 Å². The summed E-state index contributed by atoms with van der Waals surface area (Å²) in [6, 6.07) is 0. The number of unbranched alkanes of at least 4 members (excludes halogenated alkanes) is 2. The van der Waals surface area contributed by atoms with Crippen LogP contribution in [0.5, 0.6) is 0 Å². The first kappa shape index (κ1) is 13.0. The van der Waals surface area contributed by atoms with Crippen molar-refractivity contribution in [2.45, 2.75) is 65.2 Å². The first-order valence-corrected chi connectivity index (χ1v) is 7.05. The topological polar surface area (TPSA) is 3.24 Å². The van der Waals surface area contributed by atoms with E-state index in [9.17, 15) is 0 Å². The minimum Gasteiger partial charge on any atom is -0.303 e. The van der Waals surface area contributed by atoms with Crippen molar-refractivity contribution >= 4 is 0 Å². The van der Waals surface area contributed by atoms with E-state index in [0.29, 0.717) is 0 Å². The fourth-order valence-corrected chi connectivity index (χ4v) is 2.53. The molecule has 0 bridgehead atoms. The van der Waals surface area contributed by atoms with Crippen molar-refractivity contribution in [1.29, 1.82) is 0 Å². The van der Waals surface area contributed by atoms with Gasteiger partial charge in [0.05, 0.1) is 0 Å². The van der Waals surface area contributed by atoms with Crippen LogP contribution in [0.2, 0.25) is 0 Å². The van der Waals surface area contributed by atoms with Crippen molar-refractivity contribution < 1.29 is 0 Å². The van der Waals surface area contributed by atoms with Crippen molar-refractivity contribution in [1.82, 2.24) is 4.90 Å². The Balaban J connectivity index is 1.87. The van der Waals surface area contributed by atoms with Gasteiger partial charge in [0.15, 0.2) is 0 Å². The summed E-state index contributed by atoms with van der Waals surface area (Å²) in [5.74, 6) is 0.962. The van der Waals surface area contributed by atoms with Crippen LogP contribution in [0.4, 0.5) is 0 Å². The Bertz CT molecular complexity index is 138. The standard InChI is InChI=1S/C14H29N/c1-3-4-9-14(2)10-5-6-11-15-12-7-8-13-15/h14H,3-13H2,1-2H3. The maximum Gasteiger partial charge on any atom is -0.00183 e. The lowest BCUT2D eigenvalue weighted by atomic mass is 9.98. The summed E-state index contributed by atoms with van der Waals surface area (Å²) in [6.07, 6.45) is 11.4. The molecule has 1 saturated heterocycles. The lowest BCUT2D eigenvalue weighted by molar-refractivity contribution is 0.321. The maximum atomic E-state index is 2.64. The van der Waals surface area contributed by atoms with Crippen LogP contribution in [0.3, 0.4) is 0 Å². The van der Waals surface area contributed by atoms with Crippen LogP contribution in [0, 0.1) is 5.92 Å². The molecule has 0 aromatic heterocycles. The third-order valence-electron chi connectivity index (χ3n) is 3.67. The van der Waals surface area contributed by atoms with Gasteiger partial charge in [-0.05, 0) is 44.8 Å². The number of rotatable bonds is 8. The van der Waals surface area contributed by atoms with Crippen LogP contribution in [-0.4, -0.2) is 24.5 Å². The summed E-state index contributed by atoms with van der Waals surface area (Å²) < 4.78 is 0. The molecule has 1 heteroatoms. The highest BCUT2D eigenvalue weighted by molar-refractivity contribution is 4.66. The van der Waals surface area contributed by atoms with E-state index in [-0.39, 0.29) is 0 Å². The van der Waals surface area contributed by atoms with E-state index in [4.69, 9.17) is 0 Å². The van der Waals surface area contributed by atoms with Crippen molar-refractivity contribution in [3.8, 4) is 0 Å². The molecule has 0 saturated carbocycles. The summed E-state index contributed by atoms with van der Waals surface area (Å²) in [5, 5.41) is 0. The Morgan fingerprint density at radius 3 is 2.33 bits per heavy atom. The zero-order valence-corrected chi connectivity index (χ0v) is 10.8. The SMILES string of the molecule is CCCCC(C)CCCCN1CCCC1. The maximum absolute atomic E-state index is 2.64. The van der Waals surface area contributed by atoms with Crippen LogP contribution in [-0.2, 0) is 0 Å². The predicted molar refractivity (Wildman–Crippen MR) is 68.2 cm³/mol.